The molecular formula is C11H20N2O2. The van der Waals surface area contributed by atoms with Crippen LogP contribution in [0.3, 0.4) is 0 Å². The molecule has 15 heavy (non-hydrogen) atoms. The first-order chi connectivity index (χ1) is 7.36. The lowest BCUT2D eigenvalue weighted by atomic mass is 10.3. The zero-order chi connectivity index (χ0) is 10.5. The minimum atomic E-state index is 0.0865. The molecule has 1 heterocycles. The van der Waals surface area contributed by atoms with Gasteiger partial charge in [0.15, 0.2) is 0 Å². The van der Waals surface area contributed by atoms with E-state index in [-0.39, 0.29) is 6.03 Å². The highest BCUT2D eigenvalue weighted by Crippen LogP contribution is 2.28. The molecule has 0 bridgehead atoms. The van der Waals surface area contributed by atoms with E-state index in [1.165, 1.54) is 12.8 Å². The molecular weight excluding hydrogens is 192 g/mol. The maximum Gasteiger partial charge on any atom is 0.317 e. The zero-order valence-electron chi connectivity index (χ0n) is 9.21. The summed E-state index contributed by atoms with van der Waals surface area (Å²) >= 11 is 0. The van der Waals surface area contributed by atoms with Gasteiger partial charge in [-0.05, 0) is 31.6 Å². The van der Waals surface area contributed by atoms with E-state index in [2.05, 4.69) is 5.32 Å². The Hall–Kier alpha value is -0.770. The van der Waals surface area contributed by atoms with Crippen molar-refractivity contribution >= 4 is 6.03 Å². The van der Waals surface area contributed by atoms with E-state index in [0.717, 1.165) is 51.6 Å². The molecule has 2 rings (SSSR count). The Morgan fingerprint density at radius 2 is 2.33 bits per heavy atom. The van der Waals surface area contributed by atoms with Gasteiger partial charge in [-0.25, -0.2) is 4.79 Å². The van der Waals surface area contributed by atoms with E-state index in [1.54, 1.807) is 0 Å². The van der Waals surface area contributed by atoms with Crippen molar-refractivity contribution in [1.82, 2.24) is 10.2 Å². The van der Waals surface area contributed by atoms with Crippen LogP contribution in [0.4, 0.5) is 4.79 Å². The van der Waals surface area contributed by atoms with Gasteiger partial charge in [0, 0.05) is 32.8 Å². The monoisotopic (exact) mass is 212 g/mol. The summed E-state index contributed by atoms with van der Waals surface area (Å²) in [5.41, 5.74) is 0. The quantitative estimate of drug-likeness (QED) is 0.673. The van der Waals surface area contributed by atoms with Crippen LogP contribution in [0, 0.1) is 5.92 Å². The van der Waals surface area contributed by atoms with Crippen molar-refractivity contribution in [3.63, 3.8) is 0 Å². The molecule has 0 aromatic heterocycles. The minimum absolute atomic E-state index is 0.0865. The molecule has 86 valence electrons. The van der Waals surface area contributed by atoms with Crippen molar-refractivity contribution in [3.8, 4) is 0 Å². The Kier molecular flexibility index (Phi) is 3.83. The third-order valence-corrected chi connectivity index (χ3v) is 2.94. The molecule has 0 radical (unpaired) electrons. The number of nitrogens with one attached hydrogen (secondary N) is 1. The van der Waals surface area contributed by atoms with Crippen LogP contribution in [0.1, 0.15) is 25.7 Å². The number of hydrogen-bond donors (Lipinski definition) is 1. The second-order valence-electron chi connectivity index (χ2n) is 4.44. The Morgan fingerprint density at radius 1 is 1.47 bits per heavy atom. The summed E-state index contributed by atoms with van der Waals surface area (Å²) in [6, 6.07) is 0.0865. The molecule has 2 amide bonds. The van der Waals surface area contributed by atoms with Crippen molar-refractivity contribution < 1.29 is 9.53 Å². The molecule has 1 saturated heterocycles. The van der Waals surface area contributed by atoms with E-state index in [9.17, 15) is 4.79 Å². The summed E-state index contributed by atoms with van der Waals surface area (Å²) in [6.45, 7) is 4.27. The van der Waals surface area contributed by atoms with E-state index >= 15 is 0 Å². The molecule has 1 saturated carbocycles. The number of carbonyl (C=O) groups excluding carboxylic acids is 1. The highest BCUT2D eigenvalue weighted by molar-refractivity contribution is 5.74. The maximum atomic E-state index is 11.4. The highest BCUT2D eigenvalue weighted by atomic mass is 16.5. The van der Waals surface area contributed by atoms with Crippen molar-refractivity contribution in [2.24, 2.45) is 5.92 Å². The third-order valence-electron chi connectivity index (χ3n) is 2.94. The molecule has 1 aliphatic carbocycles. The van der Waals surface area contributed by atoms with Gasteiger partial charge < -0.3 is 15.0 Å². The smallest absolute Gasteiger partial charge is 0.317 e. The molecule has 1 N–H and O–H groups in total. The molecule has 0 aromatic carbocycles. The van der Waals surface area contributed by atoms with Gasteiger partial charge in [-0.1, -0.05) is 0 Å². The number of rotatable bonds is 6. The van der Waals surface area contributed by atoms with E-state index in [1.807, 2.05) is 4.90 Å². The first kappa shape index (κ1) is 10.7. The minimum Gasteiger partial charge on any atom is -0.381 e. The first-order valence-electron chi connectivity index (χ1n) is 5.97. The van der Waals surface area contributed by atoms with E-state index in [4.69, 9.17) is 4.74 Å². The Labute approximate surface area is 91.0 Å². The standard InChI is InChI=1S/C11H20N2O2/c14-11-12-5-1-6-13(11)7-2-8-15-9-10-3-4-10/h10H,1-9H2,(H,12,14). The summed E-state index contributed by atoms with van der Waals surface area (Å²) in [5, 5.41) is 2.85. The number of ether oxygens (including phenoxy) is 1. The van der Waals surface area contributed by atoms with Gasteiger partial charge in [-0.15, -0.1) is 0 Å². The van der Waals surface area contributed by atoms with Crippen LogP contribution in [0.2, 0.25) is 0 Å². The number of urea groups is 1. The van der Waals surface area contributed by atoms with Gasteiger partial charge in [0.1, 0.15) is 0 Å². The Bertz CT molecular complexity index is 217. The molecule has 1 aliphatic heterocycles. The topological polar surface area (TPSA) is 41.6 Å². The number of nitrogens with zero attached hydrogens (tertiary/aromatic N) is 1. The fraction of sp³-hybridized carbons (Fsp3) is 0.909. The SMILES string of the molecule is O=C1NCCCN1CCCOCC1CC1. The van der Waals surface area contributed by atoms with Gasteiger partial charge in [-0.2, -0.15) is 0 Å². The van der Waals surface area contributed by atoms with Crippen LogP contribution in [-0.4, -0.2) is 43.8 Å². The van der Waals surface area contributed by atoms with Crippen molar-refractivity contribution in [2.75, 3.05) is 32.8 Å². The summed E-state index contributed by atoms with van der Waals surface area (Å²) in [7, 11) is 0. The average Bonchev–Trinajstić information content (AvgIpc) is 3.04. The van der Waals surface area contributed by atoms with Gasteiger partial charge in [0.05, 0.1) is 0 Å². The van der Waals surface area contributed by atoms with Crippen LogP contribution in [-0.2, 0) is 4.74 Å². The highest BCUT2D eigenvalue weighted by Gasteiger charge is 2.21. The lowest BCUT2D eigenvalue weighted by Gasteiger charge is -2.27. The van der Waals surface area contributed by atoms with E-state index in [0.29, 0.717) is 0 Å². The van der Waals surface area contributed by atoms with Crippen LogP contribution in [0.5, 0.6) is 0 Å². The normalized spacial score (nSPS) is 21.6. The summed E-state index contributed by atoms with van der Waals surface area (Å²) in [5.74, 6) is 0.836. The number of amides is 2. The van der Waals surface area contributed by atoms with Crippen molar-refractivity contribution in [1.29, 1.82) is 0 Å². The van der Waals surface area contributed by atoms with Crippen molar-refractivity contribution in [3.05, 3.63) is 0 Å². The summed E-state index contributed by atoms with van der Waals surface area (Å²) in [6.07, 6.45) is 4.71. The molecule has 0 unspecified atom stereocenters. The van der Waals surface area contributed by atoms with Gasteiger partial charge in [0.2, 0.25) is 0 Å². The van der Waals surface area contributed by atoms with Crippen LogP contribution in [0.15, 0.2) is 0 Å². The first-order valence-corrected chi connectivity index (χ1v) is 5.97. The predicted octanol–water partition coefficient (Wildman–Crippen LogP) is 1.22. The second-order valence-corrected chi connectivity index (χ2v) is 4.44. The number of carbonyl (C=O) groups is 1. The van der Waals surface area contributed by atoms with E-state index < -0.39 is 0 Å². The van der Waals surface area contributed by atoms with Crippen LogP contribution >= 0.6 is 0 Å². The Balaban J connectivity index is 1.50. The molecule has 0 spiro atoms. The summed E-state index contributed by atoms with van der Waals surface area (Å²) in [4.78, 5) is 13.2. The summed E-state index contributed by atoms with van der Waals surface area (Å²) < 4.78 is 5.53. The van der Waals surface area contributed by atoms with Gasteiger partial charge in [0.25, 0.3) is 0 Å². The molecule has 2 fully saturated rings. The fourth-order valence-corrected chi connectivity index (χ4v) is 1.78. The van der Waals surface area contributed by atoms with Crippen LogP contribution in [0.25, 0.3) is 0 Å². The second kappa shape index (κ2) is 5.35. The molecule has 0 aromatic rings. The van der Waals surface area contributed by atoms with Crippen LogP contribution < -0.4 is 5.32 Å². The third kappa shape index (κ3) is 3.70. The van der Waals surface area contributed by atoms with Gasteiger partial charge in [-0.3, -0.25) is 0 Å². The lowest BCUT2D eigenvalue weighted by Crippen LogP contribution is -2.46. The Morgan fingerprint density at radius 3 is 3.07 bits per heavy atom. The van der Waals surface area contributed by atoms with Gasteiger partial charge >= 0.3 is 6.03 Å². The fourth-order valence-electron chi connectivity index (χ4n) is 1.78. The van der Waals surface area contributed by atoms with Crippen molar-refractivity contribution in [2.45, 2.75) is 25.7 Å². The largest absolute Gasteiger partial charge is 0.381 e. The molecule has 2 aliphatic rings. The predicted molar refractivity (Wildman–Crippen MR) is 57.7 cm³/mol. The molecule has 4 nitrogen and oxygen atoms in total. The zero-order valence-corrected chi connectivity index (χ0v) is 9.21. The molecule has 0 atom stereocenters. The number of hydrogen-bond acceptors (Lipinski definition) is 2. The average molecular weight is 212 g/mol. The maximum absolute atomic E-state index is 11.4. The lowest BCUT2D eigenvalue weighted by molar-refractivity contribution is 0.112. The molecule has 4 heteroatoms.